The maximum Gasteiger partial charge on any atom is 0.397 e. The van der Waals surface area contributed by atoms with E-state index in [0.29, 0.717) is 0 Å². The van der Waals surface area contributed by atoms with Gasteiger partial charge in [-0.25, -0.2) is 4.18 Å². The number of hydrogen-bond acceptors (Lipinski definition) is 12. The minimum absolute atomic E-state index is 0.280. The average molecular weight is 406 g/mol. The fraction of sp³-hybridized carbons (Fsp3) is 1.00. The molecule has 0 aromatic rings. The van der Waals surface area contributed by atoms with E-state index < -0.39 is 78.7 Å². The predicted octanol–water partition coefficient (Wildman–Crippen LogP) is -4.89. The second-order valence-electron chi connectivity index (χ2n) is 5.91. The Balaban J connectivity index is 2.23. The van der Waals surface area contributed by atoms with Crippen LogP contribution in [0.1, 0.15) is 0 Å². The van der Waals surface area contributed by atoms with Crippen LogP contribution in [-0.2, 0) is 28.8 Å². The Bertz CT molecular complexity index is 555. The lowest BCUT2D eigenvalue weighted by Gasteiger charge is -2.42. The van der Waals surface area contributed by atoms with Gasteiger partial charge in [-0.3, -0.25) is 4.55 Å². The summed E-state index contributed by atoms with van der Waals surface area (Å²) in [5.74, 6) is 0. The van der Waals surface area contributed by atoms with Gasteiger partial charge in [0.05, 0.1) is 19.8 Å². The van der Waals surface area contributed by atoms with Crippen molar-refractivity contribution in [2.24, 2.45) is 0 Å². The van der Waals surface area contributed by atoms with E-state index in [1.54, 1.807) is 0 Å². The fourth-order valence-corrected chi connectivity index (χ4v) is 3.27. The summed E-state index contributed by atoms with van der Waals surface area (Å²) in [7, 11) is -5.10. The van der Waals surface area contributed by atoms with Crippen molar-refractivity contribution in [2.45, 2.75) is 55.1 Å². The van der Waals surface area contributed by atoms with Crippen molar-refractivity contribution in [2.75, 3.05) is 19.8 Å². The molecule has 26 heavy (non-hydrogen) atoms. The van der Waals surface area contributed by atoms with Crippen LogP contribution < -0.4 is 0 Å². The third-order valence-corrected chi connectivity index (χ3v) is 4.54. The molecule has 2 heterocycles. The van der Waals surface area contributed by atoms with E-state index in [4.69, 9.17) is 23.9 Å². The van der Waals surface area contributed by atoms with Gasteiger partial charge in [-0.2, -0.15) is 8.42 Å². The molecule has 14 heteroatoms. The maximum absolute atomic E-state index is 11.0. The average Bonchev–Trinajstić information content (AvgIpc) is 2.93. The summed E-state index contributed by atoms with van der Waals surface area (Å²) in [5.41, 5.74) is 0. The van der Waals surface area contributed by atoms with Crippen LogP contribution in [0.5, 0.6) is 0 Å². The lowest BCUT2D eigenvalue weighted by molar-refractivity contribution is -0.314. The van der Waals surface area contributed by atoms with Crippen LogP contribution in [0.25, 0.3) is 0 Å². The second-order valence-corrected chi connectivity index (χ2v) is 6.96. The quantitative estimate of drug-likeness (QED) is 0.198. The summed E-state index contributed by atoms with van der Waals surface area (Å²) in [6, 6.07) is 0. The first-order chi connectivity index (χ1) is 12.1. The molecule has 2 aliphatic heterocycles. The van der Waals surface area contributed by atoms with Crippen molar-refractivity contribution in [3.05, 3.63) is 0 Å². The highest BCUT2D eigenvalue weighted by molar-refractivity contribution is 7.80. The molecule has 13 nitrogen and oxygen atoms in total. The zero-order chi connectivity index (χ0) is 19.6. The summed E-state index contributed by atoms with van der Waals surface area (Å²) in [6.45, 7) is -1.78. The maximum atomic E-state index is 11.0. The van der Waals surface area contributed by atoms with Crippen LogP contribution in [0.3, 0.4) is 0 Å². The zero-order valence-electron chi connectivity index (χ0n) is 13.3. The highest BCUT2D eigenvalue weighted by Crippen LogP contribution is 2.30. The van der Waals surface area contributed by atoms with Gasteiger partial charge in [-0.15, -0.1) is 0 Å². The fourth-order valence-electron chi connectivity index (χ4n) is 2.78. The molecule has 0 saturated carbocycles. The van der Waals surface area contributed by atoms with Crippen LogP contribution in [0.4, 0.5) is 0 Å². The molecule has 2 rings (SSSR count). The molecule has 2 saturated heterocycles. The highest BCUT2D eigenvalue weighted by atomic mass is 32.3. The minimum atomic E-state index is -5.10. The molecular weight excluding hydrogens is 384 g/mol. The summed E-state index contributed by atoms with van der Waals surface area (Å²) >= 11 is 0. The summed E-state index contributed by atoms with van der Waals surface area (Å²) < 4.78 is 50.8. The van der Waals surface area contributed by atoms with Gasteiger partial charge < -0.3 is 44.8 Å². The molecule has 0 radical (unpaired) electrons. The van der Waals surface area contributed by atoms with Crippen molar-refractivity contribution in [3.63, 3.8) is 0 Å². The molecule has 2 fully saturated rings. The van der Waals surface area contributed by atoms with Crippen LogP contribution in [0.2, 0.25) is 0 Å². The zero-order valence-corrected chi connectivity index (χ0v) is 14.1. The van der Waals surface area contributed by atoms with E-state index in [0.717, 1.165) is 0 Å². The molecule has 7 N–H and O–H groups in total. The second kappa shape index (κ2) is 8.68. The Morgan fingerprint density at radius 3 is 2.31 bits per heavy atom. The number of rotatable bonds is 7. The van der Waals surface area contributed by atoms with Gasteiger partial charge in [0.1, 0.15) is 42.7 Å². The van der Waals surface area contributed by atoms with Gasteiger partial charge in [0.25, 0.3) is 0 Å². The summed E-state index contributed by atoms with van der Waals surface area (Å²) in [5, 5.41) is 57.7. The molecule has 0 amide bonds. The van der Waals surface area contributed by atoms with Crippen molar-refractivity contribution < 1.29 is 62.0 Å². The Hall–Kier alpha value is -0.490. The Morgan fingerprint density at radius 1 is 1.12 bits per heavy atom. The third-order valence-electron chi connectivity index (χ3n) is 4.08. The van der Waals surface area contributed by atoms with Crippen molar-refractivity contribution >= 4 is 10.4 Å². The Labute approximate surface area is 148 Å². The third kappa shape index (κ3) is 4.86. The van der Waals surface area contributed by atoms with Crippen LogP contribution in [0, 0.1) is 0 Å². The van der Waals surface area contributed by atoms with Crippen molar-refractivity contribution in [1.29, 1.82) is 0 Å². The van der Waals surface area contributed by atoms with E-state index in [-0.39, 0.29) is 6.61 Å². The van der Waals surface area contributed by atoms with E-state index >= 15 is 0 Å². The largest absolute Gasteiger partial charge is 0.397 e. The standard InChI is InChI=1S/C12H22O13S/c13-1-4(15)9-10(5(16)3-22-9)24-12-11(25-26(19,20)21)8(18)7(17)6(2-14)23-12/h4-18H,1-3H2,(H,19,20,21)/t4-,5+,6-,7+,8+,9+,10-,11-,12+/m1/s1. The van der Waals surface area contributed by atoms with Gasteiger partial charge in [-0.05, 0) is 0 Å². The lowest BCUT2D eigenvalue weighted by Crippen LogP contribution is -2.62. The number of hydrogen-bond donors (Lipinski definition) is 7. The van der Waals surface area contributed by atoms with Gasteiger partial charge in [0.15, 0.2) is 12.4 Å². The van der Waals surface area contributed by atoms with E-state index in [2.05, 4.69) is 4.18 Å². The van der Waals surface area contributed by atoms with E-state index in [1.807, 2.05) is 0 Å². The summed E-state index contributed by atoms with van der Waals surface area (Å²) in [4.78, 5) is 0. The summed E-state index contributed by atoms with van der Waals surface area (Å²) in [6.07, 6.45) is -14.2. The molecule has 0 spiro atoms. The smallest absolute Gasteiger partial charge is 0.394 e. The molecule has 0 aromatic heterocycles. The Kier molecular flexibility index (Phi) is 7.28. The molecular formula is C12H22O13S. The van der Waals surface area contributed by atoms with Gasteiger partial charge in [-0.1, -0.05) is 0 Å². The van der Waals surface area contributed by atoms with Crippen LogP contribution in [-0.4, -0.2) is 119 Å². The first-order valence-corrected chi connectivity index (χ1v) is 8.97. The number of aliphatic hydroxyl groups excluding tert-OH is 6. The predicted molar refractivity (Wildman–Crippen MR) is 77.9 cm³/mol. The highest BCUT2D eigenvalue weighted by Gasteiger charge is 2.51. The number of aliphatic hydroxyl groups is 6. The molecule has 0 aliphatic carbocycles. The monoisotopic (exact) mass is 406 g/mol. The van der Waals surface area contributed by atoms with E-state index in [9.17, 15) is 34.0 Å². The molecule has 0 unspecified atom stereocenters. The first-order valence-electron chi connectivity index (χ1n) is 7.61. The normalized spacial score (nSPS) is 42.7. The number of ether oxygens (including phenoxy) is 3. The van der Waals surface area contributed by atoms with Gasteiger partial charge in [0.2, 0.25) is 0 Å². The molecule has 0 bridgehead atoms. The molecule has 9 atom stereocenters. The van der Waals surface area contributed by atoms with E-state index in [1.165, 1.54) is 0 Å². The topological polar surface area (TPSA) is 213 Å². The molecule has 2 aliphatic rings. The molecule has 154 valence electrons. The van der Waals surface area contributed by atoms with Crippen LogP contribution in [0.15, 0.2) is 0 Å². The first kappa shape index (κ1) is 21.8. The van der Waals surface area contributed by atoms with Gasteiger partial charge >= 0.3 is 10.4 Å². The SMILES string of the molecule is O=S(=O)(O)O[C@H]1[C@H](O[C@H]2[C@H]([C@H](O)CO)OC[C@@H]2O)O[C@H](CO)[C@H](O)[C@@H]1O. The van der Waals surface area contributed by atoms with Crippen molar-refractivity contribution in [3.8, 4) is 0 Å². The molecule has 0 aromatic carbocycles. The minimum Gasteiger partial charge on any atom is -0.394 e. The van der Waals surface area contributed by atoms with Crippen molar-refractivity contribution in [1.82, 2.24) is 0 Å². The van der Waals surface area contributed by atoms with Crippen LogP contribution >= 0.6 is 0 Å². The lowest BCUT2D eigenvalue weighted by atomic mass is 9.99. The Morgan fingerprint density at radius 2 is 1.77 bits per heavy atom. The van der Waals surface area contributed by atoms with Gasteiger partial charge in [0, 0.05) is 0 Å².